The highest BCUT2D eigenvalue weighted by molar-refractivity contribution is 5.92. The highest BCUT2D eigenvalue weighted by Crippen LogP contribution is 2.22. The largest absolute Gasteiger partial charge is 0.480 e. The van der Waals surface area contributed by atoms with Crippen LogP contribution in [-0.2, 0) is 14.4 Å². The molecule has 1 aliphatic heterocycles. The van der Waals surface area contributed by atoms with Gasteiger partial charge in [-0.3, -0.25) is 14.6 Å². The Kier molecular flexibility index (Phi) is 7.96. The monoisotopic (exact) mass is 404 g/mol. The minimum Gasteiger partial charge on any atom is -0.480 e. The van der Waals surface area contributed by atoms with Crippen molar-refractivity contribution in [3.05, 3.63) is 35.9 Å². The maximum absolute atomic E-state index is 12.8. The first-order valence-corrected chi connectivity index (χ1v) is 9.51. The highest BCUT2D eigenvalue weighted by atomic mass is 16.4. The molecular formula is C19H28N6O4. The number of carbonyl (C=O) groups is 3. The molecule has 0 saturated carbocycles. The summed E-state index contributed by atoms with van der Waals surface area (Å²) >= 11 is 0. The van der Waals surface area contributed by atoms with Crippen molar-refractivity contribution in [2.75, 3.05) is 13.1 Å². The third-order valence-corrected chi connectivity index (χ3v) is 4.82. The predicted octanol–water partition coefficient (Wildman–Crippen LogP) is -0.700. The lowest BCUT2D eigenvalue weighted by molar-refractivity contribution is -0.144. The van der Waals surface area contributed by atoms with E-state index in [1.54, 1.807) is 24.3 Å². The van der Waals surface area contributed by atoms with E-state index >= 15 is 0 Å². The molecule has 0 spiro atoms. The van der Waals surface area contributed by atoms with Crippen LogP contribution < -0.4 is 22.5 Å². The topological polar surface area (TPSA) is 177 Å². The summed E-state index contributed by atoms with van der Waals surface area (Å²) in [5.74, 6) is -2.07. The third-order valence-electron chi connectivity index (χ3n) is 4.82. The van der Waals surface area contributed by atoms with Gasteiger partial charge < -0.3 is 32.5 Å². The molecule has 0 bridgehead atoms. The summed E-state index contributed by atoms with van der Waals surface area (Å²) in [5, 5.41) is 11.9. The van der Waals surface area contributed by atoms with Gasteiger partial charge in [0.1, 0.15) is 18.1 Å². The van der Waals surface area contributed by atoms with E-state index in [1.807, 2.05) is 6.07 Å². The molecule has 10 heteroatoms. The molecule has 0 aliphatic carbocycles. The van der Waals surface area contributed by atoms with Crippen molar-refractivity contribution in [1.82, 2.24) is 10.2 Å². The molecular weight excluding hydrogens is 376 g/mol. The van der Waals surface area contributed by atoms with E-state index in [-0.39, 0.29) is 24.8 Å². The van der Waals surface area contributed by atoms with Gasteiger partial charge >= 0.3 is 5.97 Å². The lowest BCUT2D eigenvalue weighted by Gasteiger charge is -2.28. The predicted molar refractivity (Wildman–Crippen MR) is 108 cm³/mol. The van der Waals surface area contributed by atoms with Crippen LogP contribution in [-0.4, -0.2) is 58.9 Å². The highest BCUT2D eigenvalue weighted by Gasteiger charge is 2.37. The lowest BCUT2D eigenvalue weighted by Crippen LogP contribution is -2.52. The van der Waals surface area contributed by atoms with Gasteiger partial charge in [0.2, 0.25) is 11.8 Å². The summed E-state index contributed by atoms with van der Waals surface area (Å²) in [7, 11) is 0. The molecule has 2 rings (SSSR count). The van der Waals surface area contributed by atoms with E-state index in [0.717, 1.165) is 0 Å². The number of amides is 2. The number of nitrogens with zero attached hydrogens (tertiary/aromatic N) is 2. The van der Waals surface area contributed by atoms with Gasteiger partial charge in [0.15, 0.2) is 5.96 Å². The summed E-state index contributed by atoms with van der Waals surface area (Å²) in [5.41, 5.74) is 17.2. The Morgan fingerprint density at radius 2 is 1.93 bits per heavy atom. The minimum atomic E-state index is -1.15. The molecule has 1 aliphatic rings. The van der Waals surface area contributed by atoms with Crippen LogP contribution in [0.2, 0.25) is 0 Å². The van der Waals surface area contributed by atoms with Crippen LogP contribution in [0.1, 0.15) is 37.3 Å². The van der Waals surface area contributed by atoms with E-state index in [4.69, 9.17) is 17.2 Å². The maximum Gasteiger partial charge on any atom is 0.326 e. The van der Waals surface area contributed by atoms with Crippen LogP contribution in [0.4, 0.5) is 0 Å². The van der Waals surface area contributed by atoms with E-state index in [0.29, 0.717) is 31.4 Å². The molecule has 0 aromatic heterocycles. The first-order valence-electron chi connectivity index (χ1n) is 9.51. The van der Waals surface area contributed by atoms with Crippen molar-refractivity contribution < 1.29 is 19.5 Å². The van der Waals surface area contributed by atoms with Crippen LogP contribution in [0.15, 0.2) is 35.3 Å². The summed E-state index contributed by atoms with van der Waals surface area (Å²) in [6, 6.07) is 6.21. The zero-order chi connectivity index (χ0) is 21.4. The van der Waals surface area contributed by atoms with Crippen LogP contribution >= 0.6 is 0 Å². The Labute approximate surface area is 169 Å². The molecule has 158 valence electrons. The van der Waals surface area contributed by atoms with Crippen LogP contribution in [0.5, 0.6) is 0 Å². The lowest BCUT2D eigenvalue weighted by atomic mass is 10.1. The van der Waals surface area contributed by atoms with Gasteiger partial charge in [-0.2, -0.15) is 0 Å². The SMILES string of the molecule is NC(N)=NCCC[C@H](NC(=O)[C@@H]1CCCN1C(=O)[C@H](N)c1ccccc1)C(=O)O. The van der Waals surface area contributed by atoms with Crippen molar-refractivity contribution in [3.8, 4) is 0 Å². The Bertz CT molecular complexity index is 750. The number of carboxylic acids is 1. The van der Waals surface area contributed by atoms with E-state index in [1.165, 1.54) is 4.90 Å². The Morgan fingerprint density at radius 1 is 1.24 bits per heavy atom. The van der Waals surface area contributed by atoms with Gasteiger partial charge in [-0.1, -0.05) is 30.3 Å². The average Bonchev–Trinajstić information content (AvgIpc) is 3.19. The summed E-state index contributed by atoms with van der Waals surface area (Å²) < 4.78 is 0. The molecule has 1 fully saturated rings. The molecule has 29 heavy (non-hydrogen) atoms. The summed E-state index contributed by atoms with van der Waals surface area (Å²) in [6.45, 7) is 0.668. The number of nitrogens with one attached hydrogen (secondary N) is 1. The quantitative estimate of drug-likeness (QED) is 0.205. The number of hydrogen-bond acceptors (Lipinski definition) is 5. The van der Waals surface area contributed by atoms with Gasteiger partial charge in [0.05, 0.1) is 0 Å². The third kappa shape index (κ3) is 6.18. The van der Waals surface area contributed by atoms with E-state index < -0.39 is 30.0 Å². The molecule has 0 radical (unpaired) electrons. The normalized spacial score (nSPS) is 18.0. The number of likely N-dealkylation sites (tertiary alicyclic amines) is 1. The second-order valence-electron chi connectivity index (χ2n) is 6.93. The number of rotatable bonds is 9. The van der Waals surface area contributed by atoms with Gasteiger partial charge in [-0.15, -0.1) is 0 Å². The average molecular weight is 404 g/mol. The molecule has 1 saturated heterocycles. The van der Waals surface area contributed by atoms with Crippen molar-refractivity contribution in [2.24, 2.45) is 22.2 Å². The molecule has 2 amide bonds. The zero-order valence-corrected chi connectivity index (χ0v) is 16.2. The van der Waals surface area contributed by atoms with Gasteiger partial charge in [-0.05, 0) is 31.2 Å². The van der Waals surface area contributed by atoms with Crippen LogP contribution in [0.25, 0.3) is 0 Å². The zero-order valence-electron chi connectivity index (χ0n) is 16.2. The number of nitrogens with two attached hydrogens (primary N) is 3. The number of benzene rings is 1. The van der Waals surface area contributed by atoms with Crippen LogP contribution in [0.3, 0.4) is 0 Å². The fourth-order valence-electron chi connectivity index (χ4n) is 3.31. The van der Waals surface area contributed by atoms with Crippen molar-refractivity contribution >= 4 is 23.7 Å². The van der Waals surface area contributed by atoms with Gasteiger partial charge in [0.25, 0.3) is 0 Å². The smallest absolute Gasteiger partial charge is 0.326 e. The maximum atomic E-state index is 12.8. The number of carbonyl (C=O) groups excluding carboxylic acids is 2. The molecule has 10 nitrogen and oxygen atoms in total. The van der Waals surface area contributed by atoms with Crippen molar-refractivity contribution in [3.63, 3.8) is 0 Å². The molecule has 1 aromatic carbocycles. The van der Waals surface area contributed by atoms with Crippen LogP contribution in [0, 0.1) is 0 Å². The Hall–Kier alpha value is -3.14. The fraction of sp³-hybridized carbons (Fsp3) is 0.474. The number of aliphatic imine (C=N–C) groups is 1. The summed E-state index contributed by atoms with van der Waals surface area (Å²) in [4.78, 5) is 42.2. The standard InChI is InChI=1S/C19H28N6O4/c20-15(12-6-2-1-3-7-12)17(27)25-11-5-9-14(25)16(26)24-13(18(28)29)8-4-10-23-19(21)22/h1-3,6-7,13-15H,4-5,8-11,20H2,(H,24,26)(H,28,29)(H4,21,22,23)/t13-,14-,15+/m0/s1. The van der Waals surface area contributed by atoms with E-state index in [2.05, 4.69) is 10.3 Å². The molecule has 3 atom stereocenters. The van der Waals surface area contributed by atoms with Crippen molar-refractivity contribution in [1.29, 1.82) is 0 Å². The summed E-state index contributed by atoms with van der Waals surface area (Å²) in [6.07, 6.45) is 1.66. The number of aliphatic carboxylic acids is 1. The van der Waals surface area contributed by atoms with Gasteiger partial charge in [-0.25, -0.2) is 4.79 Å². The fourth-order valence-corrected chi connectivity index (χ4v) is 3.31. The Morgan fingerprint density at radius 3 is 2.55 bits per heavy atom. The number of carboxylic acid groups (broad SMARTS) is 1. The molecule has 1 aromatic rings. The van der Waals surface area contributed by atoms with Gasteiger partial charge in [0, 0.05) is 13.1 Å². The molecule has 8 N–H and O–H groups in total. The second-order valence-corrected chi connectivity index (χ2v) is 6.93. The molecule has 0 unspecified atom stereocenters. The number of hydrogen-bond donors (Lipinski definition) is 5. The minimum absolute atomic E-state index is 0.0734. The van der Waals surface area contributed by atoms with E-state index in [9.17, 15) is 19.5 Å². The Balaban J connectivity index is 1.99. The first kappa shape index (κ1) is 22.2. The molecule has 1 heterocycles. The number of guanidine groups is 1. The second kappa shape index (κ2) is 10.4. The first-order chi connectivity index (χ1) is 13.8. The van der Waals surface area contributed by atoms with Crippen molar-refractivity contribution in [2.45, 2.75) is 43.8 Å².